The normalized spacial score (nSPS) is 23.3. The summed E-state index contributed by atoms with van der Waals surface area (Å²) < 4.78 is 21.6. The van der Waals surface area contributed by atoms with E-state index in [1.807, 2.05) is 49.4 Å². The first kappa shape index (κ1) is 17.7. The van der Waals surface area contributed by atoms with Crippen molar-refractivity contribution in [2.45, 2.75) is 18.9 Å². The van der Waals surface area contributed by atoms with Crippen LogP contribution in [0.4, 0.5) is 0 Å². The SMILES string of the molecule is CCOC(=O)[C@H]1[C@H](c2ccc3c(c2)OCO3)CN[C@H]1c1ccc(OC)cc1. The van der Waals surface area contributed by atoms with E-state index >= 15 is 0 Å². The average molecular weight is 369 g/mol. The van der Waals surface area contributed by atoms with Crippen LogP contribution in [0.25, 0.3) is 0 Å². The topological polar surface area (TPSA) is 66.0 Å². The van der Waals surface area contributed by atoms with Crippen LogP contribution in [-0.2, 0) is 9.53 Å². The third-order valence-electron chi connectivity index (χ3n) is 5.21. The molecule has 3 atom stereocenters. The second kappa shape index (κ2) is 7.48. The van der Waals surface area contributed by atoms with E-state index in [1.165, 1.54) is 0 Å². The quantitative estimate of drug-likeness (QED) is 0.818. The molecule has 0 spiro atoms. The first-order valence-electron chi connectivity index (χ1n) is 9.14. The summed E-state index contributed by atoms with van der Waals surface area (Å²) in [5.74, 6) is 1.74. The van der Waals surface area contributed by atoms with Gasteiger partial charge in [-0.25, -0.2) is 0 Å². The summed E-state index contributed by atoms with van der Waals surface area (Å²) in [4.78, 5) is 12.8. The minimum atomic E-state index is -0.321. The van der Waals surface area contributed by atoms with Crippen LogP contribution in [0, 0.1) is 5.92 Å². The monoisotopic (exact) mass is 369 g/mol. The number of esters is 1. The Balaban J connectivity index is 1.66. The van der Waals surface area contributed by atoms with Crippen LogP contribution in [0.5, 0.6) is 17.2 Å². The van der Waals surface area contributed by atoms with E-state index in [2.05, 4.69) is 5.32 Å². The fraction of sp³-hybridized carbons (Fsp3) is 0.381. The number of hydrogen-bond donors (Lipinski definition) is 1. The Bertz CT molecular complexity index is 820. The highest BCUT2D eigenvalue weighted by molar-refractivity contribution is 5.76. The minimum Gasteiger partial charge on any atom is -0.497 e. The molecule has 0 aromatic heterocycles. The van der Waals surface area contributed by atoms with Gasteiger partial charge >= 0.3 is 5.97 Å². The maximum absolute atomic E-state index is 12.8. The van der Waals surface area contributed by atoms with Gasteiger partial charge in [-0.1, -0.05) is 18.2 Å². The van der Waals surface area contributed by atoms with Crippen molar-refractivity contribution in [3.8, 4) is 17.2 Å². The van der Waals surface area contributed by atoms with Crippen molar-refractivity contribution in [1.82, 2.24) is 5.32 Å². The second-order valence-electron chi connectivity index (χ2n) is 6.66. The van der Waals surface area contributed by atoms with Gasteiger partial charge in [-0.2, -0.15) is 0 Å². The summed E-state index contributed by atoms with van der Waals surface area (Å²) in [7, 11) is 1.64. The molecule has 0 unspecified atom stereocenters. The Kier molecular flexibility index (Phi) is 4.90. The van der Waals surface area contributed by atoms with Gasteiger partial charge in [-0.3, -0.25) is 4.79 Å². The van der Waals surface area contributed by atoms with Gasteiger partial charge in [0.05, 0.1) is 19.6 Å². The van der Waals surface area contributed by atoms with Gasteiger partial charge in [-0.05, 0) is 42.3 Å². The van der Waals surface area contributed by atoms with E-state index in [0.717, 1.165) is 28.4 Å². The first-order chi connectivity index (χ1) is 13.2. The number of nitrogens with one attached hydrogen (secondary N) is 1. The molecule has 2 aromatic rings. The smallest absolute Gasteiger partial charge is 0.311 e. The van der Waals surface area contributed by atoms with Crippen molar-refractivity contribution in [1.29, 1.82) is 0 Å². The number of methoxy groups -OCH3 is 1. The highest BCUT2D eigenvalue weighted by Crippen LogP contribution is 2.43. The lowest BCUT2D eigenvalue weighted by Crippen LogP contribution is -2.27. The maximum Gasteiger partial charge on any atom is 0.311 e. The molecular formula is C21H23NO5. The van der Waals surface area contributed by atoms with E-state index in [1.54, 1.807) is 7.11 Å². The van der Waals surface area contributed by atoms with E-state index in [-0.39, 0.29) is 30.6 Å². The molecule has 6 heteroatoms. The first-order valence-corrected chi connectivity index (χ1v) is 9.14. The predicted octanol–water partition coefficient (Wildman–Crippen LogP) is 3.03. The molecule has 4 rings (SSSR count). The van der Waals surface area contributed by atoms with Crippen LogP contribution in [0.1, 0.15) is 30.0 Å². The summed E-state index contributed by atoms with van der Waals surface area (Å²) in [6, 6.07) is 13.6. The van der Waals surface area contributed by atoms with Crippen molar-refractivity contribution in [3.05, 3.63) is 53.6 Å². The number of hydrogen-bond acceptors (Lipinski definition) is 6. The molecule has 2 aliphatic heterocycles. The van der Waals surface area contributed by atoms with Crippen LogP contribution in [0.15, 0.2) is 42.5 Å². The van der Waals surface area contributed by atoms with Crippen molar-refractivity contribution in [3.63, 3.8) is 0 Å². The van der Waals surface area contributed by atoms with Crippen LogP contribution < -0.4 is 19.5 Å². The fourth-order valence-corrected chi connectivity index (χ4v) is 3.88. The molecule has 1 N–H and O–H groups in total. The average Bonchev–Trinajstić information content (AvgIpc) is 3.34. The summed E-state index contributed by atoms with van der Waals surface area (Å²) in [5, 5.41) is 3.50. The van der Waals surface area contributed by atoms with Crippen molar-refractivity contribution < 1.29 is 23.7 Å². The molecule has 0 saturated carbocycles. The molecule has 1 fully saturated rings. The Hall–Kier alpha value is -2.73. The van der Waals surface area contributed by atoms with Gasteiger partial charge in [-0.15, -0.1) is 0 Å². The number of benzene rings is 2. The van der Waals surface area contributed by atoms with E-state index in [9.17, 15) is 4.79 Å². The molecule has 2 aliphatic rings. The Morgan fingerprint density at radius 3 is 2.59 bits per heavy atom. The number of rotatable bonds is 5. The van der Waals surface area contributed by atoms with Gasteiger partial charge in [0.15, 0.2) is 11.5 Å². The molecule has 0 aliphatic carbocycles. The summed E-state index contributed by atoms with van der Waals surface area (Å²) >= 11 is 0. The molecule has 1 saturated heterocycles. The highest BCUT2D eigenvalue weighted by Gasteiger charge is 2.43. The zero-order chi connectivity index (χ0) is 18.8. The molecule has 27 heavy (non-hydrogen) atoms. The Morgan fingerprint density at radius 2 is 1.85 bits per heavy atom. The molecular weight excluding hydrogens is 346 g/mol. The molecule has 0 radical (unpaired) electrons. The van der Waals surface area contributed by atoms with E-state index < -0.39 is 0 Å². The maximum atomic E-state index is 12.8. The number of carbonyl (C=O) groups excluding carboxylic acids is 1. The Morgan fingerprint density at radius 1 is 1.11 bits per heavy atom. The van der Waals surface area contributed by atoms with Gasteiger partial charge in [0, 0.05) is 18.5 Å². The Labute approximate surface area is 158 Å². The van der Waals surface area contributed by atoms with Crippen LogP contribution in [0.2, 0.25) is 0 Å². The number of ether oxygens (including phenoxy) is 4. The number of fused-ring (bicyclic) bond motifs is 1. The lowest BCUT2D eigenvalue weighted by atomic mass is 9.83. The molecule has 6 nitrogen and oxygen atoms in total. The fourth-order valence-electron chi connectivity index (χ4n) is 3.88. The van der Waals surface area contributed by atoms with Gasteiger partial charge in [0.1, 0.15) is 5.75 Å². The predicted molar refractivity (Wildman–Crippen MR) is 99.2 cm³/mol. The zero-order valence-electron chi connectivity index (χ0n) is 15.4. The van der Waals surface area contributed by atoms with E-state index in [4.69, 9.17) is 18.9 Å². The lowest BCUT2D eigenvalue weighted by molar-refractivity contribution is -0.148. The largest absolute Gasteiger partial charge is 0.497 e. The summed E-state index contributed by atoms with van der Waals surface area (Å²) in [5.41, 5.74) is 2.08. The van der Waals surface area contributed by atoms with Crippen molar-refractivity contribution in [2.24, 2.45) is 5.92 Å². The minimum absolute atomic E-state index is 0.00866. The highest BCUT2D eigenvalue weighted by atomic mass is 16.7. The van der Waals surface area contributed by atoms with Crippen molar-refractivity contribution in [2.75, 3.05) is 27.1 Å². The third kappa shape index (κ3) is 3.32. The summed E-state index contributed by atoms with van der Waals surface area (Å²) in [6.45, 7) is 3.11. The second-order valence-corrected chi connectivity index (χ2v) is 6.66. The lowest BCUT2D eigenvalue weighted by Gasteiger charge is -2.23. The van der Waals surface area contributed by atoms with Gasteiger partial charge < -0.3 is 24.3 Å². The number of carbonyl (C=O) groups is 1. The molecule has 0 bridgehead atoms. The summed E-state index contributed by atoms with van der Waals surface area (Å²) in [6.07, 6.45) is 0. The van der Waals surface area contributed by atoms with E-state index in [0.29, 0.717) is 13.2 Å². The van der Waals surface area contributed by atoms with Gasteiger partial charge in [0.25, 0.3) is 0 Å². The van der Waals surface area contributed by atoms with Crippen molar-refractivity contribution >= 4 is 5.97 Å². The molecule has 0 amide bonds. The van der Waals surface area contributed by atoms with Crippen LogP contribution in [-0.4, -0.2) is 33.0 Å². The van der Waals surface area contributed by atoms with Crippen LogP contribution >= 0.6 is 0 Å². The molecule has 142 valence electrons. The van der Waals surface area contributed by atoms with Gasteiger partial charge in [0.2, 0.25) is 6.79 Å². The zero-order valence-corrected chi connectivity index (χ0v) is 15.4. The third-order valence-corrected chi connectivity index (χ3v) is 5.21. The molecule has 2 heterocycles. The standard InChI is InChI=1S/C21H23NO5/c1-3-25-21(23)19-16(14-6-9-17-18(10-14)27-12-26-17)11-22-20(19)13-4-7-15(24-2)8-5-13/h4-10,16,19-20,22H,3,11-12H2,1-2H3/t16-,19-,20-/m0/s1. The molecule has 2 aromatic carbocycles. The van der Waals surface area contributed by atoms with Crippen LogP contribution in [0.3, 0.4) is 0 Å².